The summed E-state index contributed by atoms with van der Waals surface area (Å²) in [5.74, 6) is 1.65. The quantitative estimate of drug-likeness (QED) is 0.672. The van der Waals surface area contributed by atoms with E-state index in [0.29, 0.717) is 44.3 Å². The highest BCUT2D eigenvalue weighted by atomic mass is 16.6. The van der Waals surface area contributed by atoms with Gasteiger partial charge in [-0.3, -0.25) is 14.6 Å². The number of ether oxygens (including phenoxy) is 1. The Bertz CT molecular complexity index is 900. The molecule has 5 rings (SSSR count). The van der Waals surface area contributed by atoms with E-state index in [1.165, 1.54) is 32.4 Å². The van der Waals surface area contributed by atoms with Gasteiger partial charge in [-0.15, -0.1) is 0 Å². The summed E-state index contributed by atoms with van der Waals surface area (Å²) < 4.78 is 5.50. The molecule has 0 N–H and O–H groups in total. The minimum atomic E-state index is -0.513. The summed E-state index contributed by atoms with van der Waals surface area (Å²) in [6.07, 6.45) is 9.22. The first-order valence-corrected chi connectivity index (χ1v) is 12.9. The van der Waals surface area contributed by atoms with Gasteiger partial charge in [0, 0.05) is 38.8 Å². The Hall–Kier alpha value is -2.42. The molecule has 186 valence electrons. The minimum Gasteiger partial charge on any atom is -0.444 e. The zero-order valence-corrected chi connectivity index (χ0v) is 20.8. The van der Waals surface area contributed by atoms with E-state index in [1.54, 1.807) is 16.0 Å². The summed E-state index contributed by atoms with van der Waals surface area (Å²) in [4.78, 5) is 43.6. The molecular weight excluding hydrogens is 432 g/mol. The molecule has 5 heterocycles. The summed E-state index contributed by atoms with van der Waals surface area (Å²) in [6, 6.07) is 0.621. The summed E-state index contributed by atoms with van der Waals surface area (Å²) in [5.41, 5.74) is -0.919. The molecule has 4 saturated heterocycles. The van der Waals surface area contributed by atoms with Crippen LogP contribution in [0.4, 0.5) is 16.4 Å². The Morgan fingerprint density at radius 3 is 2.26 bits per heavy atom. The molecule has 34 heavy (non-hydrogen) atoms. The Labute approximate surface area is 202 Å². The van der Waals surface area contributed by atoms with Crippen LogP contribution in [0, 0.1) is 5.41 Å². The molecule has 9 heteroatoms. The van der Waals surface area contributed by atoms with Crippen LogP contribution in [0.15, 0.2) is 12.4 Å². The van der Waals surface area contributed by atoms with Gasteiger partial charge in [0.15, 0.2) is 5.82 Å². The van der Waals surface area contributed by atoms with Crippen molar-refractivity contribution < 1.29 is 14.3 Å². The number of likely N-dealkylation sites (tertiary alicyclic amines) is 2. The van der Waals surface area contributed by atoms with Crippen LogP contribution in [0.5, 0.6) is 0 Å². The standard InChI is InChI=1S/C25H38N6O3/c1-24(2,3)34-23(33)29-13-7-25(8-14-29)9-15-31(22(25)32)21-17-26-20(16-27-21)30-12-6-19(18-30)28-10-4-5-11-28/h16-17,19H,4-15,18H2,1-3H3. The van der Waals surface area contributed by atoms with Gasteiger partial charge in [-0.05, 0) is 72.4 Å². The molecule has 1 spiro atoms. The number of aromatic nitrogens is 2. The van der Waals surface area contributed by atoms with Crippen LogP contribution in [0.25, 0.3) is 0 Å². The van der Waals surface area contributed by atoms with Crippen molar-refractivity contribution in [1.82, 2.24) is 19.8 Å². The van der Waals surface area contributed by atoms with Crippen molar-refractivity contribution in [3.05, 3.63) is 12.4 Å². The van der Waals surface area contributed by atoms with Crippen molar-refractivity contribution in [3.63, 3.8) is 0 Å². The summed E-state index contributed by atoms with van der Waals surface area (Å²) in [7, 11) is 0. The van der Waals surface area contributed by atoms with Gasteiger partial charge in [0.25, 0.3) is 0 Å². The maximum absolute atomic E-state index is 13.4. The smallest absolute Gasteiger partial charge is 0.410 e. The van der Waals surface area contributed by atoms with Gasteiger partial charge in [-0.1, -0.05) is 0 Å². The monoisotopic (exact) mass is 470 g/mol. The molecule has 4 aliphatic heterocycles. The van der Waals surface area contributed by atoms with Crippen LogP contribution < -0.4 is 9.80 Å². The van der Waals surface area contributed by atoms with Gasteiger partial charge in [0.2, 0.25) is 5.91 Å². The maximum atomic E-state index is 13.4. The first-order chi connectivity index (χ1) is 16.2. The Kier molecular flexibility index (Phi) is 6.16. The lowest BCUT2D eigenvalue weighted by Gasteiger charge is -2.38. The Balaban J connectivity index is 1.18. The lowest BCUT2D eigenvalue weighted by atomic mass is 9.77. The van der Waals surface area contributed by atoms with E-state index in [1.807, 2.05) is 27.0 Å². The van der Waals surface area contributed by atoms with E-state index < -0.39 is 11.0 Å². The molecule has 0 aromatic carbocycles. The molecule has 9 nitrogen and oxygen atoms in total. The highest BCUT2D eigenvalue weighted by molar-refractivity contribution is 5.99. The molecule has 0 aliphatic carbocycles. The predicted octanol–water partition coefficient (Wildman–Crippen LogP) is 2.91. The van der Waals surface area contributed by atoms with Crippen LogP contribution in [-0.4, -0.2) is 89.2 Å². The molecule has 0 bridgehead atoms. The second-order valence-electron chi connectivity index (χ2n) is 11.3. The first-order valence-electron chi connectivity index (χ1n) is 12.9. The fourth-order valence-electron chi connectivity index (χ4n) is 5.92. The average molecular weight is 471 g/mol. The van der Waals surface area contributed by atoms with Gasteiger partial charge in [-0.25, -0.2) is 14.8 Å². The van der Waals surface area contributed by atoms with E-state index >= 15 is 0 Å². The summed E-state index contributed by atoms with van der Waals surface area (Å²) in [5, 5.41) is 0. The molecule has 2 amide bonds. The SMILES string of the molecule is CC(C)(C)OC(=O)N1CCC2(CC1)CCN(c1cnc(N3CCC(N4CCCC4)C3)cn1)C2=O. The third-order valence-electron chi connectivity index (χ3n) is 7.93. The minimum absolute atomic E-state index is 0.119. The topological polar surface area (TPSA) is 82.1 Å². The van der Waals surface area contributed by atoms with Crippen LogP contribution in [0.3, 0.4) is 0 Å². The maximum Gasteiger partial charge on any atom is 0.410 e. The average Bonchev–Trinajstić information content (AvgIpc) is 3.55. The fraction of sp³-hybridized carbons (Fsp3) is 0.760. The van der Waals surface area contributed by atoms with Gasteiger partial charge in [-0.2, -0.15) is 0 Å². The molecule has 1 unspecified atom stereocenters. The van der Waals surface area contributed by atoms with Crippen molar-refractivity contribution >= 4 is 23.6 Å². The number of nitrogens with zero attached hydrogens (tertiary/aromatic N) is 6. The van der Waals surface area contributed by atoms with Crippen LogP contribution >= 0.6 is 0 Å². The van der Waals surface area contributed by atoms with Gasteiger partial charge in [0.1, 0.15) is 11.4 Å². The highest BCUT2D eigenvalue weighted by Gasteiger charge is 2.49. The van der Waals surface area contributed by atoms with Gasteiger partial charge >= 0.3 is 6.09 Å². The highest BCUT2D eigenvalue weighted by Crippen LogP contribution is 2.43. The summed E-state index contributed by atoms with van der Waals surface area (Å²) >= 11 is 0. The zero-order chi connectivity index (χ0) is 23.9. The first kappa shape index (κ1) is 23.3. The van der Waals surface area contributed by atoms with E-state index in [0.717, 1.165) is 25.3 Å². The number of hydrogen-bond donors (Lipinski definition) is 0. The zero-order valence-electron chi connectivity index (χ0n) is 20.8. The van der Waals surface area contributed by atoms with E-state index in [2.05, 4.69) is 19.8 Å². The number of carbonyl (C=O) groups excluding carboxylic acids is 2. The molecule has 4 fully saturated rings. The normalized spacial score (nSPS) is 25.6. The number of piperidine rings is 1. The number of rotatable bonds is 3. The molecule has 4 aliphatic rings. The molecule has 1 aromatic heterocycles. The van der Waals surface area contributed by atoms with E-state index in [-0.39, 0.29) is 12.0 Å². The van der Waals surface area contributed by atoms with Gasteiger partial charge in [0.05, 0.1) is 17.8 Å². The van der Waals surface area contributed by atoms with Crippen molar-refractivity contribution in [3.8, 4) is 0 Å². The second kappa shape index (κ2) is 8.98. The molecule has 1 aromatic rings. The van der Waals surface area contributed by atoms with Crippen molar-refractivity contribution in [1.29, 1.82) is 0 Å². The molecule has 1 atom stereocenters. The molecule has 0 saturated carbocycles. The number of hydrogen-bond acceptors (Lipinski definition) is 7. The van der Waals surface area contributed by atoms with E-state index in [4.69, 9.17) is 4.74 Å². The van der Waals surface area contributed by atoms with Gasteiger partial charge < -0.3 is 14.5 Å². The fourth-order valence-corrected chi connectivity index (χ4v) is 5.92. The third-order valence-corrected chi connectivity index (χ3v) is 7.93. The Morgan fingerprint density at radius 1 is 0.971 bits per heavy atom. The molecule has 0 radical (unpaired) electrons. The van der Waals surface area contributed by atoms with Crippen molar-refractivity contribution in [2.45, 2.75) is 70.9 Å². The lowest BCUT2D eigenvalue weighted by molar-refractivity contribution is -0.128. The number of anilines is 2. The Morgan fingerprint density at radius 2 is 1.62 bits per heavy atom. The van der Waals surface area contributed by atoms with Crippen LogP contribution in [0.1, 0.15) is 59.3 Å². The largest absolute Gasteiger partial charge is 0.444 e. The second-order valence-corrected chi connectivity index (χ2v) is 11.3. The molecular formula is C25H38N6O3. The third kappa shape index (κ3) is 4.59. The number of amides is 2. The van der Waals surface area contributed by atoms with E-state index in [9.17, 15) is 9.59 Å². The lowest BCUT2D eigenvalue weighted by Crippen LogP contribution is -2.48. The predicted molar refractivity (Wildman–Crippen MR) is 130 cm³/mol. The van der Waals surface area contributed by atoms with Crippen molar-refractivity contribution in [2.75, 3.05) is 55.6 Å². The van der Waals surface area contributed by atoms with Crippen molar-refractivity contribution in [2.24, 2.45) is 5.41 Å². The number of carbonyl (C=O) groups is 2. The summed E-state index contributed by atoms with van der Waals surface area (Å²) in [6.45, 7) is 11.8. The van der Waals surface area contributed by atoms with Crippen LogP contribution in [0.2, 0.25) is 0 Å². The van der Waals surface area contributed by atoms with Crippen LogP contribution in [-0.2, 0) is 9.53 Å².